The van der Waals surface area contributed by atoms with Crippen LogP contribution in [0.1, 0.15) is 43.5 Å². The van der Waals surface area contributed by atoms with Crippen LogP contribution in [0, 0.1) is 6.92 Å². The Bertz CT molecular complexity index is 2460. The number of aliphatic hydroxyl groups is 2. The highest BCUT2D eigenvalue weighted by molar-refractivity contribution is 8.44. The first kappa shape index (κ1) is 41.7. The molecule has 57 heavy (non-hydrogen) atoms. The molecule has 0 bridgehead atoms. The normalized spacial score (nSPS) is 29.8. The third-order valence-corrected chi connectivity index (χ3v) is 12.6. The van der Waals surface area contributed by atoms with Crippen molar-refractivity contribution in [1.82, 2.24) is 38.6 Å². The predicted octanol–water partition coefficient (Wildman–Crippen LogP) is -0.909. The average molecular weight is 878 g/mol. The zero-order chi connectivity index (χ0) is 40.8. The molecule has 11 atom stereocenters. The zero-order valence-corrected chi connectivity index (χ0v) is 33.1. The van der Waals surface area contributed by atoms with Crippen molar-refractivity contribution in [2.45, 2.75) is 81.5 Å². The number of nitrogens with two attached hydrogens (primary N) is 1. The first-order chi connectivity index (χ1) is 27.0. The monoisotopic (exact) mass is 877 g/mol. The fraction of sp³-hybridized carbons (Fsp3) is 0.552. The van der Waals surface area contributed by atoms with Gasteiger partial charge in [-0.25, -0.2) is 29.1 Å². The summed E-state index contributed by atoms with van der Waals surface area (Å²) in [4.78, 5) is 76.3. The number of anilines is 1. The van der Waals surface area contributed by atoms with Crippen molar-refractivity contribution in [3.8, 4) is 0 Å². The van der Waals surface area contributed by atoms with Gasteiger partial charge in [0.05, 0.1) is 38.4 Å². The summed E-state index contributed by atoms with van der Waals surface area (Å²) in [7, 11) is 0. The molecule has 3 saturated heterocycles. The molecule has 2 unspecified atom stereocenters. The van der Waals surface area contributed by atoms with E-state index in [4.69, 9.17) is 49.8 Å². The minimum atomic E-state index is -4.31. The lowest BCUT2D eigenvalue weighted by Gasteiger charge is -2.26. The third-order valence-electron chi connectivity index (χ3n) is 9.40. The molecule has 24 nitrogen and oxygen atoms in total. The Morgan fingerprint density at radius 3 is 2.32 bits per heavy atom. The molecule has 7 N–H and O–H groups in total. The van der Waals surface area contributed by atoms with Gasteiger partial charge in [-0.05, 0) is 18.7 Å². The molecule has 0 aliphatic carbocycles. The molecule has 28 heteroatoms. The Kier molecular flexibility index (Phi) is 12.2. The highest BCUT2D eigenvalue weighted by Crippen LogP contribution is 2.57. The molecule has 3 fully saturated rings. The fourth-order valence-corrected chi connectivity index (χ4v) is 9.59. The molecule has 7 rings (SSSR count). The molecular weight excluding hydrogens is 840 g/mol. The van der Waals surface area contributed by atoms with E-state index in [-0.39, 0.29) is 30.6 Å². The number of nitrogens with one attached hydrogen (secondary N) is 2. The van der Waals surface area contributed by atoms with Crippen molar-refractivity contribution in [1.29, 1.82) is 0 Å². The summed E-state index contributed by atoms with van der Waals surface area (Å²) in [5.41, 5.74) is 3.96. The Labute approximate surface area is 329 Å². The van der Waals surface area contributed by atoms with Crippen LogP contribution in [0.3, 0.4) is 0 Å². The minimum absolute atomic E-state index is 0.0794. The maximum Gasteiger partial charge on any atom is 0.386 e. The summed E-state index contributed by atoms with van der Waals surface area (Å²) in [6.45, 7) is -8.62. The summed E-state index contributed by atoms with van der Waals surface area (Å²) < 4.78 is 57.8. The van der Waals surface area contributed by atoms with Gasteiger partial charge in [0.25, 0.3) is 11.1 Å². The number of aromatic nitrogens is 8. The zero-order valence-electron chi connectivity index (χ0n) is 29.6. The Balaban J connectivity index is 1.02. The average Bonchev–Trinajstić information content (AvgIpc) is 3.93. The molecule has 3 aliphatic rings. The van der Waals surface area contributed by atoms with Gasteiger partial charge in [0.2, 0.25) is 0 Å². The van der Waals surface area contributed by atoms with Crippen molar-refractivity contribution in [2.75, 3.05) is 25.6 Å². The second-order valence-electron chi connectivity index (χ2n) is 13.2. The highest BCUT2D eigenvalue weighted by atomic mass is 32.7. The summed E-state index contributed by atoms with van der Waals surface area (Å²) in [6, 6.07) is 1.11. The number of hydrogen-bond donors (Lipinski definition) is 7. The van der Waals surface area contributed by atoms with E-state index in [1.54, 1.807) is 4.57 Å². The number of nitrogen functional groups attached to an aromatic ring is 1. The van der Waals surface area contributed by atoms with Gasteiger partial charge in [0.1, 0.15) is 54.9 Å². The predicted molar refractivity (Wildman–Crippen MR) is 201 cm³/mol. The summed E-state index contributed by atoms with van der Waals surface area (Å²) >= 11 is 9.38. The molecule has 310 valence electrons. The van der Waals surface area contributed by atoms with Crippen molar-refractivity contribution in [2.24, 2.45) is 0 Å². The molecular formula is C29H37N9O15P2S2. The van der Waals surface area contributed by atoms with Crippen LogP contribution in [-0.2, 0) is 48.7 Å². The van der Waals surface area contributed by atoms with Gasteiger partial charge in [0, 0.05) is 43.3 Å². The number of rotatable bonds is 14. The van der Waals surface area contributed by atoms with Gasteiger partial charge in [-0.15, -0.1) is 0 Å². The summed E-state index contributed by atoms with van der Waals surface area (Å²) in [5.74, 6) is 0.162. The topological polar surface area (TPSA) is 322 Å². The van der Waals surface area contributed by atoms with Gasteiger partial charge in [-0.3, -0.25) is 42.3 Å². The van der Waals surface area contributed by atoms with Crippen LogP contribution in [0.5, 0.6) is 0 Å². The van der Waals surface area contributed by atoms with Gasteiger partial charge in [-0.1, -0.05) is 12.2 Å². The van der Waals surface area contributed by atoms with Gasteiger partial charge in [0.15, 0.2) is 11.5 Å². The highest BCUT2D eigenvalue weighted by Gasteiger charge is 2.45. The molecule has 0 spiro atoms. The molecule has 0 amide bonds. The molecule has 7 heterocycles. The molecule has 0 aromatic carbocycles. The number of aliphatic hydroxyl groups excluding tert-OH is 2. The first-order valence-electron chi connectivity index (χ1n) is 17.1. The van der Waals surface area contributed by atoms with Crippen molar-refractivity contribution in [3.63, 3.8) is 0 Å². The van der Waals surface area contributed by atoms with E-state index in [2.05, 4.69) is 37.2 Å². The molecule has 4 aromatic rings. The number of thiol groups is 1. The van der Waals surface area contributed by atoms with Crippen LogP contribution in [0.25, 0.3) is 11.2 Å². The van der Waals surface area contributed by atoms with E-state index < -0.39 is 111 Å². The lowest BCUT2D eigenvalue weighted by atomic mass is 10.2. The van der Waals surface area contributed by atoms with E-state index >= 15 is 0 Å². The number of aromatic amines is 2. The van der Waals surface area contributed by atoms with Crippen LogP contribution >= 0.6 is 25.8 Å². The SMILES string of the molecule is Cc1cn([C@H]2C[C@H](OP(=O)(S)OC[C@H]3O[C@@H](n4cnc5c(N)ncnc54)C[C@@H]3O)[C@@H](COP(O)(=S)O[C@H]3C[C@H](n4ccc(=O)[nH]c4=O)O[C@@H]3CO)O2)c(=O)[nH]c1=O. The number of imidazole rings is 1. The number of ether oxygens (including phenoxy) is 3. The van der Waals surface area contributed by atoms with E-state index in [1.165, 1.54) is 32.0 Å². The lowest BCUT2D eigenvalue weighted by molar-refractivity contribution is -0.0540. The van der Waals surface area contributed by atoms with Gasteiger partial charge < -0.3 is 44.1 Å². The number of hydrogen-bond acceptors (Lipinski definition) is 19. The van der Waals surface area contributed by atoms with E-state index in [9.17, 15) is 38.8 Å². The molecule has 3 aliphatic heterocycles. The van der Waals surface area contributed by atoms with Crippen molar-refractivity contribution in [3.05, 3.63) is 78.4 Å². The lowest BCUT2D eigenvalue weighted by Crippen LogP contribution is -2.33. The smallest absolute Gasteiger partial charge is 0.386 e. The van der Waals surface area contributed by atoms with Crippen LogP contribution in [0.4, 0.5) is 5.82 Å². The Morgan fingerprint density at radius 2 is 1.58 bits per heavy atom. The Hall–Kier alpha value is -3.46. The first-order valence-corrected chi connectivity index (χ1v) is 22.4. The maximum atomic E-state index is 13.7. The Morgan fingerprint density at radius 1 is 0.930 bits per heavy atom. The standard InChI is InChI=1S/C29H37N9O15P2S2/c1-13-7-37(29(44)35-27(13)42)23-6-16(53-54(45,56)47-9-18-14(40)4-21(50-18)38-12-33-24-25(30)31-11-32-26(24)38)19(51-23)10-48-55(46,57)52-15-5-22(49-17(15)8-39)36-3-2-20(41)34-28(36)43/h2-3,7,11-12,14-19,21-23,39-40H,4-6,8-10H2,1H3,(H,45,56)(H,46,57)(H2,30,31,32)(H,34,41,43)(H,35,42,44)/t14-,15-,16-,17+,18+,19+,21+,22+,23+,54?,55?/m0/s1. The van der Waals surface area contributed by atoms with Crippen molar-refractivity contribution < 1.29 is 52.0 Å². The molecule has 4 aromatic heterocycles. The number of nitrogens with zero attached hydrogens (tertiary/aromatic N) is 6. The maximum absolute atomic E-state index is 13.7. The number of aryl methyl sites for hydroxylation is 1. The van der Waals surface area contributed by atoms with Gasteiger partial charge in [-0.2, -0.15) is 0 Å². The minimum Gasteiger partial charge on any atom is -0.394 e. The van der Waals surface area contributed by atoms with E-state index in [1.807, 2.05) is 0 Å². The van der Waals surface area contributed by atoms with E-state index in [0.717, 1.165) is 15.2 Å². The van der Waals surface area contributed by atoms with Crippen LogP contribution in [0.2, 0.25) is 0 Å². The van der Waals surface area contributed by atoms with Gasteiger partial charge >= 0.3 is 24.9 Å². The van der Waals surface area contributed by atoms with Crippen LogP contribution in [0.15, 0.2) is 50.3 Å². The second kappa shape index (κ2) is 16.7. The van der Waals surface area contributed by atoms with Crippen molar-refractivity contribution >= 4 is 54.6 Å². The van der Waals surface area contributed by atoms with Crippen LogP contribution in [-0.4, -0.2) is 110 Å². The second-order valence-corrected chi connectivity index (χ2v) is 18.9. The molecule has 0 radical (unpaired) electrons. The fourth-order valence-electron chi connectivity index (χ4n) is 6.59. The number of H-pyrrole nitrogens is 2. The quantitative estimate of drug-likeness (QED) is 0.0596. The molecule has 0 saturated carbocycles. The summed E-state index contributed by atoms with van der Waals surface area (Å²) in [5, 5.41) is 20.7. The largest absolute Gasteiger partial charge is 0.394 e. The summed E-state index contributed by atoms with van der Waals surface area (Å²) in [6.07, 6.45) is -4.41. The number of fused-ring (bicyclic) bond motifs is 1. The third kappa shape index (κ3) is 9.24. The van der Waals surface area contributed by atoms with Crippen LogP contribution < -0.4 is 28.2 Å². The van der Waals surface area contributed by atoms with E-state index in [0.29, 0.717) is 11.2 Å².